The minimum atomic E-state index is -1.73. The van der Waals surface area contributed by atoms with E-state index in [0.717, 1.165) is 0 Å². The van der Waals surface area contributed by atoms with Crippen molar-refractivity contribution in [3.63, 3.8) is 0 Å². The minimum absolute atomic E-state index is 0.245. The molecule has 0 unspecified atom stereocenters. The van der Waals surface area contributed by atoms with Crippen molar-refractivity contribution in [2.45, 2.75) is 20.8 Å². The van der Waals surface area contributed by atoms with Gasteiger partial charge in [0.25, 0.3) is 0 Å². The van der Waals surface area contributed by atoms with Crippen LogP contribution in [0.1, 0.15) is 20.8 Å². The molecule has 5 nitrogen and oxygen atoms in total. The topological polar surface area (TPSA) is 54.0 Å². The molecule has 0 spiro atoms. The van der Waals surface area contributed by atoms with Crippen LogP contribution in [0.3, 0.4) is 0 Å². The molecule has 0 bridgehead atoms. The van der Waals surface area contributed by atoms with Gasteiger partial charge < -0.3 is 18.0 Å². The van der Waals surface area contributed by atoms with Gasteiger partial charge in [-0.05, 0) is 20.8 Å². The maximum absolute atomic E-state index is 9.59. The third-order valence-electron chi connectivity index (χ3n) is 1.30. The van der Waals surface area contributed by atoms with E-state index in [2.05, 4.69) is 4.74 Å². The van der Waals surface area contributed by atoms with Crippen LogP contribution < -0.4 is 0 Å². The molecular formula is C9H18O5Si. The predicted octanol–water partition coefficient (Wildman–Crippen LogP) is 0.870. The van der Waals surface area contributed by atoms with E-state index in [0.29, 0.717) is 19.8 Å². The van der Waals surface area contributed by atoms with Gasteiger partial charge in [0.2, 0.25) is 0 Å². The van der Waals surface area contributed by atoms with E-state index in [1.165, 1.54) is 12.3 Å². The lowest BCUT2D eigenvalue weighted by Crippen LogP contribution is -2.27. The number of ether oxygens (including phenoxy) is 1. The van der Waals surface area contributed by atoms with Crippen molar-refractivity contribution in [3.8, 4) is 0 Å². The molecule has 0 amide bonds. The third-order valence-corrected chi connectivity index (χ3v) is 3.11. The van der Waals surface area contributed by atoms with Crippen LogP contribution >= 0.6 is 0 Å². The van der Waals surface area contributed by atoms with Gasteiger partial charge in [-0.1, -0.05) is 0 Å². The Labute approximate surface area is 91.9 Å². The maximum atomic E-state index is 9.59. The lowest BCUT2D eigenvalue weighted by molar-refractivity contribution is -0.136. The first-order chi connectivity index (χ1) is 7.24. The quantitative estimate of drug-likeness (QED) is 0.504. The second-order valence-corrected chi connectivity index (χ2v) is 3.97. The SMILES string of the molecule is CCO[SiH](OCC)OCC.O=C1C=CO1. The van der Waals surface area contributed by atoms with Crippen molar-refractivity contribution < 1.29 is 22.8 Å². The van der Waals surface area contributed by atoms with Gasteiger partial charge in [-0.2, -0.15) is 0 Å². The van der Waals surface area contributed by atoms with E-state index in [1.54, 1.807) is 0 Å². The summed E-state index contributed by atoms with van der Waals surface area (Å²) in [5.74, 6) is -0.245. The Morgan fingerprint density at radius 3 is 1.60 bits per heavy atom. The van der Waals surface area contributed by atoms with Crippen molar-refractivity contribution in [2.24, 2.45) is 0 Å². The van der Waals surface area contributed by atoms with Crippen LogP contribution in [0.2, 0.25) is 0 Å². The molecule has 88 valence electrons. The molecule has 1 aliphatic heterocycles. The van der Waals surface area contributed by atoms with Gasteiger partial charge in [-0.15, -0.1) is 0 Å². The fraction of sp³-hybridized carbons (Fsp3) is 0.667. The summed E-state index contributed by atoms with van der Waals surface area (Å²) >= 11 is 0. The summed E-state index contributed by atoms with van der Waals surface area (Å²) in [5, 5.41) is 0. The molecule has 1 aliphatic rings. The fourth-order valence-electron chi connectivity index (χ4n) is 0.676. The number of carbonyl (C=O) groups excluding carboxylic acids is 1. The van der Waals surface area contributed by atoms with Crippen LogP contribution in [-0.2, 0) is 22.8 Å². The molecule has 0 fully saturated rings. The van der Waals surface area contributed by atoms with E-state index in [9.17, 15) is 4.79 Å². The molecule has 6 heteroatoms. The maximum Gasteiger partial charge on any atom is 0.484 e. The molecule has 0 N–H and O–H groups in total. The molecule has 0 aromatic heterocycles. The van der Waals surface area contributed by atoms with E-state index >= 15 is 0 Å². The van der Waals surface area contributed by atoms with Crippen molar-refractivity contribution in [1.29, 1.82) is 0 Å². The molecule has 0 aromatic rings. The van der Waals surface area contributed by atoms with E-state index in [4.69, 9.17) is 13.3 Å². The summed E-state index contributed by atoms with van der Waals surface area (Å²) in [6.45, 7) is 7.86. The fourth-order valence-corrected chi connectivity index (χ4v) is 1.78. The summed E-state index contributed by atoms with van der Waals surface area (Å²) in [6.07, 6.45) is 2.71. The average Bonchev–Trinajstić information content (AvgIpc) is 2.17. The first-order valence-electron chi connectivity index (χ1n) is 4.96. The number of rotatable bonds is 6. The molecule has 0 radical (unpaired) electrons. The first kappa shape index (κ1) is 14.3. The largest absolute Gasteiger partial charge is 0.484 e. The van der Waals surface area contributed by atoms with Crippen molar-refractivity contribution in [2.75, 3.05) is 19.8 Å². The van der Waals surface area contributed by atoms with Gasteiger partial charge in [0.1, 0.15) is 6.26 Å². The lowest BCUT2D eigenvalue weighted by atomic mass is 10.6. The Hall–Kier alpha value is -0.693. The summed E-state index contributed by atoms with van der Waals surface area (Å²) in [7, 11) is -1.73. The zero-order valence-corrected chi connectivity index (χ0v) is 10.5. The highest BCUT2D eigenvalue weighted by molar-refractivity contribution is 6.36. The summed E-state index contributed by atoms with van der Waals surface area (Å²) in [5.41, 5.74) is 0. The molecule has 0 saturated heterocycles. The average molecular weight is 234 g/mol. The van der Waals surface area contributed by atoms with Crippen molar-refractivity contribution in [3.05, 3.63) is 12.3 Å². The van der Waals surface area contributed by atoms with E-state index < -0.39 is 9.53 Å². The number of esters is 1. The Balaban J connectivity index is 0.000000322. The summed E-state index contributed by atoms with van der Waals surface area (Å²) < 4.78 is 19.8. The monoisotopic (exact) mass is 234 g/mol. The molecule has 1 rings (SSSR count). The standard InChI is InChI=1S/C6H16O3Si.C3H2O2/c1-4-7-10(8-5-2)9-6-3;4-3-1-2-5-3/h10H,4-6H2,1-3H3;1-2H. The van der Waals surface area contributed by atoms with Crippen LogP contribution in [-0.4, -0.2) is 35.3 Å². The van der Waals surface area contributed by atoms with Crippen LogP contribution in [0.25, 0.3) is 0 Å². The van der Waals surface area contributed by atoms with Crippen molar-refractivity contribution in [1.82, 2.24) is 0 Å². The molecule has 15 heavy (non-hydrogen) atoms. The second-order valence-electron chi connectivity index (χ2n) is 2.39. The van der Waals surface area contributed by atoms with Crippen LogP contribution in [0.4, 0.5) is 0 Å². The molecule has 0 saturated carbocycles. The highest BCUT2D eigenvalue weighted by atomic mass is 28.3. The van der Waals surface area contributed by atoms with Gasteiger partial charge in [-0.25, -0.2) is 4.79 Å². The van der Waals surface area contributed by atoms with E-state index in [-0.39, 0.29) is 5.97 Å². The molecular weight excluding hydrogens is 216 g/mol. The number of hydrogen-bond donors (Lipinski definition) is 0. The molecule has 1 heterocycles. The van der Waals surface area contributed by atoms with Gasteiger partial charge in [-0.3, -0.25) is 0 Å². The van der Waals surface area contributed by atoms with Crippen LogP contribution in [0.15, 0.2) is 12.3 Å². The summed E-state index contributed by atoms with van der Waals surface area (Å²) in [6, 6.07) is 0. The normalized spacial score (nSPS) is 12.9. The van der Waals surface area contributed by atoms with Crippen LogP contribution in [0.5, 0.6) is 0 Å². The summed E-state index contributed by atoms with van der Waals surface area (Å²) in [4.78, 5) is 9.59. The Morgan fingerprint density at radius 2 is 1.47 bits per heavy atom. The van der Waals surface area contributed by atoms with Gasteiger partial charge in [0.05, 0.1) is 6.08 Å². The van der Waals surface area contributed by atoms with Crippen molar-refractivity contribution >= 4 is 15.5 Å². The minimum Gasteiger partial charge on any atom is -0.431 e. The third kappa shape index (κ3) is 8.31. The predicted molar refractivity (Wildman–Crippen MR) is 57.3 cm³/mol. The number of cyclic esters (lactones) is 1. The first-order valence-corrected chi connectivity index (χ1v) is 6.37. The highest BCUT2D eigenvalue weighted by Crippen LogP contribution is 1.91. The smallest absolute Gasteiger partial charge is 0.431 e. The molecule has 0 atom stereocenters. The molecule has 0 aromatic carbocycles. The highest BCUT2D eigenvalue weighted by Gasteiger charge is 2.11. The Kier molecular flexibility index (Phi) is 9.39. The van der Waals surface area contributed by atoms with Crippen LogP contribution in [0, 0.1) is 0 Å². The zero-order chi connectivity index (χ0) is 11.5. The molecule has 0 aliphatic carbocycles. The van der Waals surface area contributed by atoms with Gasteiger partial charge in [0.15, 0.2) is 0 Å². The van der Waals surface area contributed by atoms with Gasteiger partial charge >= 0.3 is 15.5 Å². The van der Waals surface area contributed by atoms with E-state index in [1.807, 2.05) is 20.8 Å². The number of hydrogen-bond acceptors (Lipinski definition) is 5. The Bertz CT molecular complexity index is 181. The second kappa shape index (κ2) is 9.85. The van der Waals surface area contributed by atoms with Gasteiger partial charge in [0, 0.05) is 19.8 Å². The lowest BCUT2D eigenvalue weighted by Gasteiger charge is -2.12. The Morgan fingerprint density at radius 1 is 1.13 bits per heavy atom. The zero-order valence-electron chi connectivity index (χ0n) is 9.39. The number of carbonyl (C=O) groups is 1.